The summed E-state index contributed by atoms with van der Waals surface area (Å²) in [6, 6.07) is 20.2. The molecule has 0 atom stereocenters. The van der Waals surface area contributed by atoms with Crippen molar-refractivity contribution in [2.75, 3.05) is 6.61 Å². The van der Waals surface area contributed by atoms with Gasteiger partial charge >= 0.3 is 5.97 Å². The molecule has 3 aromatic rings. The number of aromatic hydroxyl groups is 1. The van der Waals surface area contributed by atoms with Gasteiger partial charge in [0.2, 0.25) is 0 Å². The fourth-order valence-corrected chi connectivity index (χ4v) is 2.70. The molecule has 0 saturated carbocycles. The number of aliphatic imine (C=N–C) groups is 1. The number of carbonyl (C=O) groups is 1. The van der Waals surface area contributed by atoms with Crippen LogP contribution in [0.4, 0.5) is 5.69 Å². The number of para-hydroxylation sites is 1. The fourth-order valence-electron chi connectivity index (χ4n) is 2.70. The highest BCUT2D eigenvalue weighted by Gasteiger charge is 2.11. The summed E-state index contributed by atoms with van der Waals surface area (Å²) in [7, 11) is 0. The molecule has 0 aliphatic heterocycles. The first-order valence-electron chi connectivity index (χ1n) is 9.92. The van der Waals surface area contributed by atoms with Crippen LogP contribution in [0, 0.1) is 11.3 Å². The molecule has 6 nitrogen and oxygen atoms in total. The molecule has 0 amide bonds. The molecule has 0 aliphatic carbocycles. The second-order valence-electron chi connectivity index (χ2n) is 6.72. The number of carbonyl (C=O) groups excluding carboxylic acids is 1. The van der Waals surface area contributed by atoms with Crippen LogP contribution >= 0.6 is 0 Å². The van der Waals surface area contributed by atoms with E-state index in [1.165, 1.54) is 12.3 Å². The lowest BCUT2D eigenvalue weighted by atomic mass is 10.2. The maximum atomic E-state index is 12.4. The van der Waals surface area contributed by atoms with E-state index in [0.29, 0.717) is 34.7 Å². The monoisotopic (exact) mass is 414 g/mol. The molecule has 0 fully saturated rings. The van der Waals surface area contributed by atoms with E-state index >= 15 is 0 Å². The van der Waals surface area contributed by atoms with Crippen LogP contribution in [0.5, 0.6) is 17.2 Å². The van der Waals surface area contributed by atoms with Gasteiger partial charge in [0.15, 0.2) is 0 Å². The topological polar surface area (TPSA) is 91.9 Å². The lowest BCUT2D eigenvalue weighted by Gasteiger charge is -2.08. The molecule has 1 N–H and O–H groups in total. The molecular weight excluding hydrogens is 392 g/mol. The van der Waals surface area contributed by atoms with E-state index in [0.717, 1.165) is 12.8 Å². The second-order valence-corrected chi connectivity index (χ2v) is 6.72. The number of phenols is 1. The number of ether oxygens (including phenoxy) is 2. The van der Waals surface area contributed by atoms with E-state index in [9.17, 15) is 9.90 Å². The van der Waals surface area contributed by atoms with Crippen LogP contribution in [0.25, 0.3) is 0 Å². The molecule has 0 heterocycles. The highest BCUT2D eigenvalue weighted by molar-refractivity contribution is 5.91. The van der Waals surface area contributed by atoms with E-state index in [-0.39, 0.29) is 11.5 Å². The van der Waals surface area contributed by atoms with E-state index in [1.807, 2.05) is 0 Å². The number of esters is 1. The minimum absolute atomic E-state index is 0.0943. The Hall–Kier alpha value is -4.11. The van der Waals surface area contributed by atoms with E-state index < -0.39 is 5.97 Å². The lowest BCUT2D eigenvalue weighted by molar-refractivity contribution is 0.0734. The van der Waals surface area contributed by atoms with Crippen molar-refractivity contribution in [1.29, 1.82) is 5.26 Å². The molecule has 3 rings (SSSR count). The minimum Gasteiger partial charge on any atom is -0.507 e. The van der Waals surface area contributed by atoms with Crippen molar-refractivity contribution in [2.45, 2.75) is 19.8 Å². The van der Waals surface area contributed by atoms with Crippen molar-refractivity contribution in [3.8, 4) is 23.3 Å². The molecular formula is C25H22N2O4. The van der Waals surface area contributed by atoms with Crippen LogP contribution < -0.4 is 9.47 Å². The summed E-state index contributed by atoms with van der Waals surface area (Å²) in [5.41, 5.74) is 1.75. The van der Waals surface area contributed by atoms with Gasteiger partial charge in [0.05, 0.1) is 23.4 Å². The van der Waals surface area contributed by atoms with Crippen LogP contribution in [-0.2, 0) is 0 Å². The van der Waals surface area contributed by atoms with Gasteiger partial charge < -0.3 is 14.6 Å². The van der Waals surface area contributed by atoms with Crippen LogP contribution in [-0.4, -0.2) is 23.9 Å². The van der Waals surface area contributed by atoms with Gasteiger partial charge in [0.25, 0.3) is 0 Å². The molecule has 6 heteroatoms. The number of rotatable bonds is 8. The van der Waals surface area contributed by atoms with Crippen LogP contribution in [0.2, 0.25) is 0 Å². The Bertz CT molecular complexity index is 1120. The molecule has 31 heavy (non-hydrogen) atoms. The van der Waals surface area contributed by atoms with Crippen molar-refractivity contribution in [3.05, 3.63) is 83.4 Å². The third kappa shape index (κ3) is 5.94. The molecule has 0 aromatic heterocycles. The zero-order valence-corrected chi connectivity index (χ0v) is 17.1. The number of benzene rings is 3. The minimum atomic E-state index is -0.538. The van der Waals surface area contributed by atoms with Crippen LogP contribution in [0.3, 0.4) is 0 Å². The first kappa shape index (κ1) is 21.6. The third-order valence-electron chi connectivity index (χ3n) is 4.44. The zero-order chi connectivity index (χ0) is 22.1. The Labute approximate surface area is 181 Å². The number of nitriles is 1. The third-order valence-corrected chi connectivity index (χ3v) is 4.44. The summed E-state index contributed by atoms with van der Waals surface area (Å²) >= 11 is 0. The van der Waals surface area contributed by atoms with Crippen LogP contribution in [0.15, 0.2) is 71.7 Å². The molecule has 0 aliphatic rings. The molecule has 0 radical (unpaired) electrons. The number of hydrogen-bond donors (Lipinski definition) is 1. The maximum absolute atomic E-state index is 12.4. The highest BCUT2D eigenvalue weighted by atomic mass is 16.5. The van der Waals surface area contributed by atoms with Gasteiger partial charge in [-0.2, -0.15) is 5.26 Å². The number of unbranched alkanes of at least 4 members (excludes halogenated alkanes) is 1. The summed E-state index contributed by atoms with van der Waals surface area (Å²) < 4.78 is 10.9. The molecule has 156 valence electrons. The Morgan fingerprint density at radius 1 is 1.10 bits per heavy atom. The second kappa shape index (κ2) is 10.6. The maximum Gasteiger partial charge on any atom is 0.343 e. The van der Waals surface area contributed by atoms with Gasteiger partial charge in [-0.15, -0.1) is 0 Å². The van der Waals surface area contributed by atoms with Gasteiger partial charge in [0, 0.05) is 17.8 Å². The van der Waals surface area contributed by atoms with Crippen molar-refractivity contribution < 1.29 is 19.4 Å². The molecule has 3 aromatic carbocycles. The average Bonchev–Trinajstić information content (AvgIpc) is 2.79. The fraction of sp³-hybridized carbons (Fsp3) is 0.160. The van der Waals surface area contributed by atoms with Crippen molar-refractivity contribution in [1.82, 2.24) is 0 Å². The van der Waals surface area contributed by atoms with E-state index in [1.54, 1.807) is 60.7 Å². The highest BCUT2D eigenvalue weighted by Crippen LogP contribution is 2.25. The molecule has 0 bridgehead atoms. The van der Waals surface area contributed by atoms with Gasteiger partial charge in [-0.05, 0) is 55.0 Å². The lowest BCUT2D eigenvalue weighted by Crippen LogP contribution is -2.08. The zero-order valence-electron chi connectivity index (χ0n) is 17.1. The summed E-state index contributed by atoms with van der Waals surface area (Å²) in [5.74, 6) is 0.275. The summed E-state index contributed by atoms with van der Waals surface area (Å²) in [6.45, 7) is 2.73. The van der Waals surface area contributed by atoms with Gasteiger partial charge in [0.1, 0.15) is 23.3 Å². The summed E-state index contributed by atoms with van der Waals surface area (Å²) in [6.07, 6.45) is 3.47. The quantitative estimate of drug-likeness (QED) is 0.230. The predicted octanol–water partition coefficient (Wildman–Crippen LogP) is 5.41. The Morgan fingerprint density at radius 3 is 2.55 bits per heavy atom. The Morgan fingerprint density at radius 2 is 1.84 bits per heavy atom. The molecule has 0 unspecified atom stereocenters. The van der Waals surface area contributed by atoms with Crippen LogP contribution in [0.1, 0.15) is 41.3 Å². The van der Waals surface area contributed by atoms with Gasteiger partial charge in [-0.3, -0.25) is 4.99 Å². The number of phenolic OH excluding ortho intramolecular Hbond substituents is 1. The predicted molar refractivity (Wildman–Crippen MR) is 118 cm³/mol. The normalized spacial score (nSPS) is 10.6. The van der Waals surface area contributed by atoms with E-state index in [2.05, 4.69) is 18.0 Å². The largest absolute Gasteiger partial charge is 0.507 e. The van der Waals surface area contributed by atoms with Gasteiger partial charge in [-0.1, -0.05) is 25.5 Å². The van der Waals surface area contributed by atoms with Crippen molar-refractivity contribution >= 4 is 17.9 Å². The first-order valence-corrected chi connectivity index (χ1v) is 9.92. The SMILES string of the molecule is CCCCOc1ccc(C(=O)Oc2ccc(C=Nc3ccccc3C#N)c(O)c2)cc1. The smallest absolute Gasteiger partial charge is 0.343 e. The molecule has 0 spiro atoms. The standard InChI is InChI=1S/C25H22N2O4/c1-2-3-14-30-21-11-8-18(9-12-21)25(29)31-22-13-10-20(24(28)15-22)17-27-23-7-5-4-6-19(23)16-26/h4-13,15,17,28H,2-3,14H2,1H3. The van der Waals surface area contributed by atoms with E-state index in [4.69, 9.17) is 14.7 Å². The van der Waals surface area contributed by atoms with Gasteiger partial charge in [-0.25, -0.2) is 4.79 Å². The number of hydrogen-bond acceptors (Lipinski definition) is 6. The number of nitrogens with zero attached hydrogens (tertiary/aromatic N) is 2. The summed E-state index contributed by atoms with van der Waals surface area (Å²) in [4.78, 5) is 16.6. The molecule has 0 saturated heterocycles. The Balaban J connectivity index is 1.65. The van der Waals surface area contributed by atoms with Crippen molar-refractivity contribution in [2.24, 2.45) is 4.99 Å². The van der Waals surface area contributed by atoms with Crippen molar-refractivity contribution in [3.63, 3.8) is 0 Å². The first-order chi connectivity index (χ1) is 15.1. The average molecular weight is 414 g/mol. The Kier molecular flexibility index (Phi) is 7.39. The summed E-state index contributed by atoms with van der Waals surface area (Å²) in [5, 5.41) is 19.4.